The third-order valence-electron chi connectivity index (χ3n) is 3.20. The van der Waals surface area contributed by atoms with Gasteiger partial charge < -0.3 is 4.74 Å². The van der Waals surface area contributed by atoms with Gasteiger partial charge in [0.25, 0.3) is 5.69 Å². The Morgan fingerprint density at radius 2 is 2.05 bits per heavy atom. The lowest BCUT2D eigenvalue weighted by molar-refractivity contribution is -0.384. The molecule has 0 amide bonds. The molecule has 0 saturated carbocycles. The molecule has 1 saturated heterocycles. The monoisotopic (exact) mass is 275 g/mol. The number of rotatable bonds is 4. The molecule has 104 valence electrons. The van der Waals surface area contributed by atoms with Gasteiger partial charge in [0.1, 0.15) is 0 Å². The molecular weight excluding hydrogens is 262 g/mol. The first-order chi connectivity index (χ1) is 9.40. The van der Waals surface area contributed by atoms with Gasteiger partial charge in [-0.05, 0) is 30.7 Å². The summed E-state index contributed by atoms with van der Waals surface area (Å²) < 4.78 is 5.02. The maximum atomic E-state index is 12.0. The Morgan fingerprint density at radius 1 is 1.40 bits per heavy atom. The minimum atomic E-state index is -1.09. The Morgan fingerprint density at radius 3 is 2.55 bits per heavy atom. The van der Waals surface area contributed by atoms with E-state index in [1.165, 1.54) is 18.2 Å². The SMILES string of the molecule is CC1(C(=O)C=Cc2ccc([N+](=O)[O-])cc2)CCC(=O)O1. The van der Waals surface area contributed by atoms with Gasteiger partial charge in [-0.2, -0.15) is 0 Å². The second kappa shape index (κ2) is 5.24. The lowest BCUT2D eigenvalue weighted by Gasteiger charge is -2.18. The molecular formula is C14H13NO5. The Bertz CT molecular complexity index is 590. The number of hydrogen-bond donors (Lipinski definition) is 0. The standard InChI is InChI=1S/C14H13NO5/c1-14(9-8-13(17)20-14)12(16)7-4-10-2-5-11(6-3-10)15(18)19/h2-7H,8-9H2,1H3. The van der Waals surface area contributed by atoms with Crippen molar-refractivity contribution in [2.75, 3.05) is 0 Å². The minimum Gasteiger partial charge on any atom is -0.451 e. The lowest BCUT2D eigenvalue weighted by atomic mass is 9.96. The molecule has 1 aromatic carbocycles. The highest BCUT2D eigenvalue weighted by Crippen LogP contribution is 2.27. The van der Waals surface area contributed by atoms with Crippen molar-refractivity contribution in [3.63, 3.8) is 0 Å². The molecule has 2 rings (SSSR count). The zero-order valence-corrected chi connectivity index (χ0v) is 10.9. The van der Waals surface area contributed by atoms with E-state index in [9.17, 15) is 19.7 Å². The van der Waals surface area contributed by atoms with E-state index in [4.69, 9.17) is 4.74 Å². The van der Waals surface area contributed by atoms with E-state index in [1.54, 1.807) is 25.1 Å². The summed E-state index contributed by atoms with van der Waals surface area (Å²) >= 11 is 0. The van der Waals surface area contributed by atoms with Gasteiger partial charge in [0.15, 0.2) is 11.4 Å². The van der Waals surface area contributed by atoms with Crippen LogP contribution in [0.25, 0.3) is 6.08 Å². The molecule has 1 aliphatic heterocycles. The number of non-ortho nitro benzene ring substituents is 1. The van der Waals surface area contributed by atoms with E-state index in [2.05, 4.69) is 0 Å². The first-order valence-electron chi connectivity index (χ1n) is 6.09. The first kappa shape index (κ1) is 13.9. The number of carbonyl (C=O) groups is 2. The second-order valence-corrected chi connectivity index (χ2v) is 4.75. The molecule has 1 aromatic rings. The predicted molar refractivity (Wildman–Crippen MR) is 70.9 cm³/mol. The average Bonchev–Trinajstić information content (AvgIpc) is 2.77. The highest BCUT2D eigenvalue weighted by atomic mass is 16.6. The van der Waals surface area contributed by atoms with Crippen LogP contribution >= 0.6 is 0 Å². The molecule has 6 heteroatoms. The van der Waals surface area contributed by atoms with E-state index >= 15 is 0 Å². The fraction of sp³-hybridized carbons (Fsp3) is 0.286. The number of hydrogen-bond acceptors (Lipinski definition) is 5. The van der Waals surface area contributed by atoms with Crippen LogP contribution in [0.3, 0.4) is 0 Å². The summed E-state index contributed by atoms with van der Waals surface area (Å²) in [5.41, 5.74) is -0.434. The fourth-order valence-electron chi connectivity index (χ4n) is 1.92. The fourth-order valence-corrected chi connectivity index (χ4v) is 1.92. The summed E-state index contributed by atoms with van der Waals surface area (Å²) in [5.74, 6) is -0.661. The third-order valence-corrected chi connectivity index (χ3v) is 3.20. The largest absolute Gasteiger partial charge is 0.451 e. The van der Waals surface area contributed by atoms with Crippen LogP contribution in [-0.4, -0.2) is 22.3 Å². The van der Waals surface area contributed by atoms with Crippen LogP contribution in [0, 0.1) is 10.1 Å². The molecule has 0 spiro atoms. The van der Waals surface area contributed by atoms with E-state index in [0.29, 0.717) is 12.0 Å². The molecule has 0 radical (unpaired) electrons. The highest BCUT2D eigenvalue weighted by Gasteiger charge is 2.41. The van der Waals surface area contributed by atoms with Crippen molar-refractivity contribution in [2.45, 2.75) is 25.4 Å². The summed E-state index contributed by atoms with van der Waals surface area (Å²) in [5, 5.41) is 10.5. The second-order valence-electron chi connectivity index (χ2n) is 4.75. The number of cyclic esters (lactones) is 1. The third kappa shape index (κ3) is 2.90. The van der Waals surface area contributed by atoms with Crippen molar-refractivity contribution in [1.82, 2.24) is 0 Å². The van der Waals surface area contributed by atoms with Gasteiger partial charge in [0.2, 0.25) is 0 Å². The van der Waals surface area contributed by atoms with Crippen LogP contribution in [0.15, 0.2) is 30.3 Å². The average molecular weight is 275 g/mol. The van der Waals surface area contributed by atoms with Crippen molar-refractivity contribution in [3.8, 4) is 0 Å². The Kier molecular flexibility index (Phi) is 3.65. The molecule has 6 nitrogen and oxygen atoms in total. The van der Waals surface area contributed by atoms with Gasteiger partial charge in [-0.3, -0.25) is 19.7 Å². The van der Waals surface area contributed by atoms with Gasteiger partial charge in [0, 0.05) is 25.0 Å². The van der Waals surface area contributed by atoms with E-state index in [0.717, 1.165) is 0 Å². The van der Waals surface area contributed by atoms with Gasteiger partial charge in [0.05, 0.1) is 4.92 Å². The van der Waals surface area contributed by atoms with Gasteiger partial charge >= 0.3 is 5.97 Å². The Balaban J connectivity index is 2.07. The van der Waals surface area contributed by atoms with Crippen LogP contribution in [0.4, 0.5) is 5.69 Å². The zero-order valence-electron chi connectivity index (χ0n) is 10.9. The normalized spacial score (nSPS) is 21.9. The highest BCUT2D eigenvalue weighted by molar-refractivity contribution is 6.02. The number of ether oxygens (including phenoxy) is 1. The van der Waals surface area contributed by atoms with Gasteiger partial charge in [-0.1, -0.05) is 6.08 Å². The van der Waals surface area contributed by atoms with Crippen molar-refractivity contribution in [3.05, 3.63) is 46.0 Å². The van der Waals surface area contributed by atoms with Crippen LogP contribution in [0.2, 0.25) is 0 Å². The van der Waals surface area contributed by atoms with Crippen LogP contribution in [0.5, 0.6) is 0 Å². The quantitative estimate of drug-likeness (QED) is 0.364. The number of benzene rings is 1. The topological polar surface area (TPSA) is 86.5 Å². The Hall–Kier alpha value is -2.50. The lowest BCUT2D eigenvalue weighted by Crippen LogP contribution is -2.33. The molecule has 1 atom stereocenters. The summed E-state index contributed by atoms with van der Waals surface area (Å²) in [6.45, 7) is 1.58. The maximum Gasteiger partial charge on any atom is 0.306 e. The predicted octanol–water partition coefficient (Wildman–Crippen LogP) is 2.27. The zero-order chi connectivity index (χ0) is 14.8. The number of esters is 1. The molecule has 20 heavy (non-hydrogen) atoms. The number of carbonyl (C=O) groups excluding carboxylic acids is 2. The summed E-state index contributed by atoms with van der Waals surface area (Å²) in [4.78, 5) is 33.1. The van der Waals surface area contributed by atoms with E-state index < -0.39 is 10.5 Å². The van der Waals surface area contributed by atoms with Crippen LogP contribution in [-0.2, 0) is 14.3 Å². The van der Waals surface area contributed by atoms with E-state index in [1.807, 2.05) is 0 Å². The van der Waals surface area contributed by atoms with Gasteiger partial charge in [-0.15, -0.1) is 0 Å². The van der Waals surface area contributed by atoms with Crippen molar-refractivity contribution in [2.24, 2.45) is 0 Å². The number of nitrogens with zero attached hydrogens (tertiary/aromatic N) is 1. The van der Waals surface area contributed by atoms with Gasteiger partial charge in [-0.25, -0.2) is 0 Å². The first-order valence-corrected chi connectivity index (χ1v) is 6.09. The molecule has 1 heterocycles. The number of nitro benzene ring substituents is 1. The summed E-state index contributed by atoms with van der Waals surface area (Å²) in [6, 6.07) is 5.82. The molecule has 0 N–H and O–H groups in total. The van der Waals surface area contributed by atoms with Crippen LogP contribution in [0.1, 0.15) is 25.3 Å². The molecule has 1 fully saturated rings. The minimum absolute atomic E-state index is 0.00911. The maximum absolute atomic E-state index is 12.0. The van der Waals surface area contributed by atoms with Crippen molar-refractivity contribution >= 4 is 23.5 Å². The summed E-state index contributed by atoms with van der Waals surface area (Å²) in [6.07, 6.45) is 3.49. The van der Waals surface area contributed by atoms with Crippen molar-refractivity contribution in [1.29, 1.82) is 0 Å². The molecule has 0 bridgehead atoms. The van der Waals surface area contributed by atoms with Crippen LogP contribution < -0.4 is 0 Å². The molecule has 1 aliphatic rings. The number of nitro groups is 1. The summed E-state index contributed by atoms with van der Waals surface area (Å²) in [7, 11) is 0. The molecule has 0 aromatic heterocycles. The number of ketones is 1. The Labute approximate surface area is 115 Å². The molecule has 1 unspecified atom stereocenters. The van der Waals surface area contributed by atoms with Crippen molar-refractivity contribution < 1.29 is 19.2 Å². The smallest absolute Gasteiger partial charge is 0.306 e. The molecule has 0 aliphatic carbocycles. The van der Waals surface area contributed by atoms with E-state index in [-0.39, 0.29) is 23.9 Å².